The van der Waals surface area contributed by atoms with E-state index in [2.05, 4.69) is 27.7 Å². The highest BCUT2D eigenvalue weighted by Gasteiger charge is 2.25. The largest absolute Gasteiger partial charge is 0.355 e. The molecule has 0 bridgehead atoms. The Balaban J connectivity index is 1.65. The fraction of sp³-hybridized carbons (Fsp3) is 0.381. The quantitative estimate of drug-likeness (QED) is 0.574. The molecule has 2 aromatic rings. The van der Waals surface area contributed by atoms with Crippen LogP contribution in [0.4, 0.5) is 15.8 Å². The first-order chi connectivity index (χ1) is 12.7. The van der Waals surface area contributed by atoms with Gasteiger partial charge in [-0.1, -0.05) is 12.1 Å². The smallest absolute Gasteiger partial charge is 0.130 e. The monoisotopic (exact) mass is 352 g/mol. The molecule has 1 heterocycles. The minimum atomic E-state index is -0.264. The highest BCUT2D eigenvalue weighted by atomic mass is 19.1. The zero-order valence-corrected chi connectivity index (χ0v) is 14.9. The average molecular weight is 352 g/mol. The Labute approximate surface area is 153 Å². The number of halogens is 1. The fourth-order valence-electron chi connectivity index (χ4n) is 3.50. The zero-order valence-electron chi connectivity index (χ0n) is 14.9. The van der Waals surface area contributed by atoms with Gasteiger partial charge in [-0.05, 0) is 67.6 Å². The van der Waals surface area contributed by atoms with Crippen molar-refractivity contribution in [1.29, 1.82) is 5.41 Å². The van der Waals surface area contributed by atoms with Gasteiger partial charge in [0.05, 0.1) is 0 Å². The van der Waals surface area contributed by atoms with E-state index in [-0.39, 0.29) is 5.82 Å². The van der Waals surface area contributed by atoms with Crippen LogP contribution in [0.5, 0.6) is 0 Å². The third-order valence-corrected chi connectivity index (χ3v) is 5.11. The second-order valence-corrected chi connectivity index (χ2v) is 7.15. The molecule has 0 atom stereocenters. The summed E-state index contributed by atoms with van der Waals surface area (Å²) in [6, 6.07) is 12.8. The number of amidine groups is 1. The lowest BCUT2D eigenvalue weighted by Gasteiger charge is -2.25. The van der Waals surface area contributed by atoms with Gasteiger partial charge in [0.15, 0.2) is 0 Å². The van der Waals surface area contributed by atoms with Crippen molar-refractivity contribution in [2.75, 3.05) is 31.5 Å². The Hall–Kier alpha value is -2.40. The van der Waals surface area contributed by atoms with E-state index in [1.807, 2.05) is 12.1 Å². The summed E-state index contributed by atoms with van der Waals surface area (Å²) >= 11 is 0. The molecule has 136 valence electrons. The summed E-state index contributed by atoms with van der Waals surface area (Å²) in [5.74, 6) is 0.922. The maximum Gasteiger partial charge on any atom is 0.130 e. The average Bonchev–Trinajstić information content (AvgIpc) is 3.48. The molecule has 1 aliphatic heterocycles. The number of benzene rings is 2. The van der Waals surface area contributed by atoms with Crippen molar-refractivity contribution in [3.63, 3.8) is 0 Å². The van der Waals surface area contributed by atoms with Crippen LogP contribution in [-0.4, -0.2) is 36.9 Å². The predicted octanol–water partition coefficient (Wildman–Crippen LogP) is 4.07. The molecule has 1 saturated carbocycles. The van der Waals surface area contributed by atoms with Crippen molar-refractivity contribution < 1.29 is 4.39 Å². The van der Waals surface area contributed by atoms with Crippen molar-refractivity contribution in [3.8, 4) is 0 Å². The molecule has 0 amide bonds. The van der Waals surface area contributed by atoms with Crippen molar-refractivity contribution in [1.82, 2.24) is 10.2 Å². The fourth-order valence-corrected chi connectivity index (χ4v) is 3.50. The zero-order chi connectivity index (χ0) is 17.9. The van der Waals surface area contributed by atoms with Gasteiger partial charge >= 0.3 is 0 Å². The van der Waals surface area contributed by atoms with Crippen LogP contribution in [0, 0.1) is 11.2 Å². The summed E-state index contributed by atoms with van der Waals surface area (Å²) < 4.78 is 13.5. The van der Waals surface area contributed by atoms with Crippen molar-refractivity contribution in [3.05, 3.63) is 59.4 Å². The minimum Gasteiger partial charge on any atom is -0.355 e. The Kier molecular flexibility index (Phi) is 4.89. The number of nitrogens with one attached hydrogen (secondary N) is 3. The van der Waals surface area contributed by atoms with Crippen LogP contribution in [0.15, 0.2) is 42.5 Å². The molecule has 0 aromatic heterocycles. The summed E-state index contributed by atoms with van der Waals surface area (Å²) in [6.45, 7) is 3.63. The summed E-state index contributed by atoms with van der Waals surface area (Å²) in [5, 5.41) is 15.5. The molecular weight excluding hydrogens is 327 g/mol. The van der Waals surface area contributed by atoms with E-state index < -0.39 is 0 Å². The Morgan fingerprint density at radius 1 is 1.12 bits per heavy atom. The van der Waals surface area contributed by atoms with E-state index >= 15 is 0 Å². The topological polar surface area (TPSA) is 51.2 Å². The molecule has 0 radical (unpaired) electrons. The first-order valence-electron chi connectivity index (χ1n) is 9.42. The molecule has 1 aliphatic carbocycles. The van der Waals surface area contributed by atoms with E-state index in [0.29, 0.717) is 17.4 Å². The summed E-state index contributed by atoms with van der Waals surface area (Å²) in [4.78, 5) is 2.14. The van der Waals surface area contributed by atoms with Gasteiger partial charge < -0.3 is 15.5 Å². The lowest BCUT2D eigenvalue weighted by molar-refractivity contribution is 0.444. The van der Waals surface area contributed by atoms with E-state index in [0.717, 1.165) is 43.9 Å². The first-order valence-corrected chi connectivity index (χ1v) is 9.42. The molecule has 26 heavy (non-hydrogen) atoms. The van der Waals surface area contributed by atoms with Crippen molar-refractivity contribution in [2.24, 2.45) is 0 Å². The number of anilines is 2. The number of hydrogen-bond acceptors (Lipinski definition) is 3. The van der Waals surface area contributed by atoms with E-state index in [4.69, 9.17) is 5.41 Å². The van der Waals surface area contributed by atoms with Gasteiger partial charge in [-0.2, -0.15) is 0 Å². The van der Waals surface area contributed by atoms with Gasteiger partial charge in [-0.25, -0.2) is 4.39 Å². The summed E-state index contributed by atoms with van der Waals surface area (Å²) in [5.41, 5.74) is 3.78. The van der Waals surface area contributed by atoms with Gasteiger partial charge in [-0.3, -0.25) is 5.41 Å². The van der Waals surface area contributed by atoms with Crippen LogP contribution >= 0.6 is 0 Å². The van der Waals surface area contributed by atoms with Crippen molar-refractivity contribution >= 4 is 17.2 Å². The third-order valence-electron chi connectivity index (χ3n) is 5.11. The van der Waals surface area contributed by atoms with Crippen LogP contribution in [-0.2, 0) is 0 Å². The van der Waals surface area contributed by atoms with Crippen molar-refractivity contribution in [2.45, 2.75) is 25.2 Å². The molecule has 5 heteroatoms. The Bertz CT molecular complexity index is 792. The van der Waals surface area contributed by atoms with Gasteiger partial charge in [0.25, 0.3) is 0 Å². The highest BCUT2D eigenvalue weighted by Crippen LogP contribution is 2.41. The second-order valence-electron chi connectivity index (χ2n) is 7.15. The number of nitrogens with zero attached hydrogens (tertiary/aromatic N) is 1. The molecule has 0 unspecified atom stereocenters. The normalized spacial score (nSPS) is 17.7. The van der Waals surface area contributed by atoms with Crippen LogP contribution in [0.1, 0.15) is 36.3 Å². The molecule has 2 aromatic carbocycles. The van der Waals surface area contributed by atoms with Crippen LogP contribution in [0.25, 0.3) is 0 Å². The third kappa shape index (κ3) is 3.88. The second kappa shape index (κ2) is 7.46. The maximum atomic E-state index is 13.5. The molecule has 4 nitrogen and oxygen atoms in total. The van der Waals surface area contributed by atoms with E-state index in [1.165, 1.54) is 30.5 Å². The Morgan fingerprint density at radius 2 is 2.00 bits per heavy atom. The van der Waals surface area contributed by atoms with Crippen LogP contribution in [0.2, 0.25) is 0 Å². The Morgan fingerprint density at radius 3 is 2.81 bits per heavy atom. The highest BCUT2D eigenvalue weighted by molar-refractivity contribution is 6.02. The first kappa shape index (κ1) is 17.0. The SMILES string of the molecule is N=C(c1cc(C2CC2)ccc1Nc1cccc(F)c1)N1CCCNCC1. The lowest BCUT2D eigenvalue weighted by Crippen LogP contribution is -2.34. The number of hydrogen-bond donors (Lipinski definition) is 3. The van der Waals surface area contributed by atoms with Crippen LogP contribution in [0.3, 0.4) is 0 Å². The number of rotatable bonds is 4. The molecule has 3 N–H and O–H groups in total. The minimum absolute atomic E-state index is 0.264. The van der Waals surface area contributed by atoms with Crippen LogP contribution < -0.4 is 10.6 Å². The summed E-state index contributed by atoms with van der Waals surface area (Å²) in [7, 11) is 0. The van der Waals surface area contributed by atoms with E-state index in [1.54, 1.807) is 6.07 Å². The van der Waals surface area contributed by atoms with E-state index in [9.17, 15) is 4.39 Å². The maximum absolute atomic E-state index is 13.5. The molecular formula is C21H25FN4. The molecule has 4 rings (SSSR count). The predicted molar refractivity (Wildman–Crippen MR) is 104 cm³/mol. The molecule has 2 fully saturated rings. The van der Waals surface area contributed by atoms with Gasteiger partial charge in [0.2, 0.25) is 0 Å². The summed E-state index contributed by atoms with van der Waals surface area (Å²) in [6.07, 6.45) is 3.51. The lowest BCUT2D eigenvalue weighted by atomic mass is 10.0. The molecule has 2 aliphatic rings. The molecule has 0 spiro atoms. The van der Waals surface area contributed by atoms with Gasteiger partial charge in [0.1, 0.15) is 11.7 Å². The standard InChI is InChI=1S/C21H25FN4/c22-17-3-1-4-18(14-17)25-20-8-7-16(15-5-6-15)13-19(20)21(23)26-11-2-9-24-10-12-26/h1,3-4,7-8,13-15,23-25H,2,5-6,9-12H2. The van der Waals surface area contributed by atoms with Gasteiger partial charge in [-0.15, -0.1) is 0 Å². The molecule has 1 saturated heterocycles. The van der Waals surface area contributed by atoms with Gasteiger partial charge in [0, 0.05) is 36.6 Å².